The molecule has 1 N–H and O–H groups in total. The lowest BCUT2D eigenvalue weighted by atomic mass is 9.82. The van der Waals surface area contributed by atoms with Crippen molar-refractivity contribution in [1.29, 1.82) is 0 Å². The summed E-state index contributed by atoms with van der Waals surface area (Å²) in [5, 5.41) is 3.35. The van der Waals surface area contributed by atoms with Gasteiger partial charge in [-0.15, -0.1) is 0 Å². The molecule has 1 aromatic rings. The molecule has 0 bridgehead atoms. The zero-order valence-corrected chi connectivity index (χ0v) is 12.1. The predicted octanol–water partition coefficient (Wildman–Crippen LogP) is 3.68. The van der Waals surface area contributed by atoms with Crippen molar-refractivity contribution >= 4 is 0 Å². The number of aryl methyl sites for hydroxylation is 1. The molecule has 0 spiro atoms. The summed E-state index contributed by atoms with van der Waals surface area (Å²) in [5.41, 5.74) is 0.640. The first-order valence-corrected chi connectivity index (χ1v) is 7.24. The van der Waals surface area contributed by atoms with Gasteiger partial charge in [0, 0.05) is 6.04 Å². The molecule has 1 fully saturated rings. The highest BCUT2D eigenvalue weighted by Crippen LogP contribution is 2.30. The minimum absolute atomic E-state index is 0.174. The Labute approximate surface area is 115 Å². The number of hydrogen-bond donors (Lipinski definition) is 1. The van der Waals surface area contributed by atoms with Crippen molar-refractivity contribution in [2.24, 2.45) is 5.92 Å². The maximum absolute atomic E-state index is 13.3. The van der Waals surface area contributed by atoms with E-state index in [4.69, 9.17) is 4.74 Å². The van der Waals surface area contributed by atoms with Crippen molar-refractivity contribution in [1.82, 2.24) is 5.32 Å². The molecule has 2 rings (SSSR count). The molecular formula is C16H24FNO. The maximum Gasteiger partial charge on any atom is 0.126 e. The van der Waals surface area contributed by atoms with Gasteiger partial charge in [-0.1, -0.05) is 13.3 Å². The second kappa shape index (κ2) is 6.38. The van der Waals surface area contributed by atoms with Crippen LogP contribution in [0.2, 0.25) is 0 Å². The summed E-state index contributed by atoms with van der Waals surface area (Å²) in [6, 6.07) is 5.40. The normalized spacial score (nSPS) is 27.3. The van der Waals surface area contributed by atoms with Crippen LogP contribution in [0.5, 0.6) is 5.75 Å². The summed E-state index contributed by atoms with van der Waals surface area (Å²) in [6.07, 6.45) is 4.90. The molecule has 3 unspecified atom stereocenters. The van der Waals surface area contributed by atoms with Gasteiger partial charge in [0.25, 0.3) is 0 Å². The van der Waals surface area contributed by atoms with Crippen LogP contribution in [0.15, 0.2) is 18.2 Å². The molecule has 0 radical (unpaired) electrons. The SMILES string of the molecule is CCC1CCC(NC)C(Oc2ccc(F)c(C)c2)C1. The summed E-state index contributed by atoms with van der Waals surface area (Å²) in [6.45, 7) is 4.01. The van der Waals surface area contributed by atoms with Crippen molar-refractivity contribution in [3.8, 4) is 5.75 Å². The highest BCUT2D eigenvalue weighted by Gasteiger charge is 2.30. The quantitative estimate of drug-likeness (QED) is 0.896. The van der Waals surface area contributed by atoms with Crippen LogP contribution in [0.4, 0.5) is 4.39 Å². The molecule has 2 nitrogen and oxygen atoms in total. The lowest BCUT2D eigenvalue weighted by Crippen LogP contribution is -2.45. The largest absolute Gasteiger partial charge is 0.489 e. The van der Waals surface area contributed by atoms with E-state index in [2.05, 4.69) is 12.2 Å². The smallest absolute Gasteiger partial charge is 0.126 e. The molecule has 19 heavy (non-hydrogen) atoms. The van der Waals surface area contributed by atoms with E-state index in [1.807, 2.05) is 7.05 Å². The van der Waals surface area contributed by atoms with Gasteiger partial charge in [-0.25, -0.2) is 4.39 Å². The van der Waals surface area contributed by atoms with Gasteiger partial charge in [0.2, 0.25) is 0 Å². The topological polar surface area (TPSA) is 21.3 Å². The zero-order chi connectivity index (χ0) is 13.8. The fraction of sp³-hybridized carbons (Fsp3) is 0.625. The van der Waals surface area contributed by atoms with Crippen LogP contribution in [0.1, 0.15) is 38.2 Å². The lowest BCUT2D eigenvalue weighted by Gasteiger charge is -2.35. The van der Waals surface area contributed by atoms with E-state index in [0.717, 1.165) is 24.5 Å². The summed E-state index contributed by atoms with van der Waals surface area (Å²) in [4.78, 5) is 0. The maximum atomic E-state index is 13.3. The Balaban J connectivity index is 2.07. The zero-order valence-electron chi connectivity index (χ0n) is 12.1. The molecule has 0 aromatic heterocycles. The third kappa shape index (κ3) is 3.47. The van der Waals surface area contributed by atoms with Gasteiger partial charge in [0.05, 0.1) is 0 Å². The molecule has 0 aliphatic heterocycles. The minimum Gasteiger partial charge on any atom is -0.489 e. The number of ether oxygens (including phenoxy) is 1. The van der Waals surface area contributed by atoms with Crippen molar-refractivity contribution in [2.45, 2.75) is 51.7 Å². The first-order valence-electron chi connectivity index (χ1n) is 7.24. The molecule has 0 amide bonds. The Morgan fingerprint density at radius 3 is 2.79 bits per heavy atom. The molecule has 0 saturated heterocycles. The summed E-state index contributed by atoms with van der Waals surface area (Å²) >= 11 is 0. The van der Waals surface area contributed by atoms with E-state index in [0.29, 0.717) is 11.6 Å². The van der Waals surface area contributed by atoms with Crippen molar-refractivity contribution in [3.05, 3.63) is 29.6 Å². The summed E-state index contributed by atoms with van der Waals surface area (Å²) in [7, 11) is 1.99. The molecule has 106 valence electrons. The average Bonchev–Trinajstić information content (AvgIpc) is 2.43. The monoisotopic (exact) mass is 265 g/mol. The van der Waals surface area contributed by atoms with Crippen LogP contribution in [0.3, 0.4) is 0 Å². The van der Waals surface area contributed by atoms with E-state index in [1.54, 1.807) is 19.1 Å². The third-order valence-electron chi connectivity index (χ3n) is 4.27. The van der Waals surface area contributed by atoms with E-state index in [9.17, 15) is 4.39 Å². The Bertz CT molecular complexity index is 421. The van der Waals surface area contributed by atoms with Crippen LogP contribution >= 0.6 is 0 Å². The average molecular weight is 265 g/mol. The number of halogens is 1. The van der Waals surface area contributed by atoms with Gasteiger partial charge in [0.15, 0.2) is 0 Å². The van der Waals surface area contributed by atoms with E-state index in [1.165, 1.54) is 18.9 Å². The van der Waals surface area contributed by atoms with Crippen LogP contribution < -0.4 is 10.1 Å². The number of benzene rings is 1. The fourth-order valence-corrected chi connectivity index (χ4v) is 2.91. The molecule has 1 aliphatic carbocycles. The molecule has 1 aliphatic rings. The molecule has 1 saturated carbocycles. The summed E-state index contributed by atoms with van der Waals surface area (Å²) < 4.78 is 19.4. The second-order valence-electron chi connectivity index (χ2n) is 5.55. The van der Waals surface area contributed by atoms with Crippen LogP contribution in [-0.2, 0) is 0 Å². The minimum atomic E-state index is -0.174. The van der Waals surface area contributed by atoms with Crippen molar-refractivity contribution in [2.75, 3.05) is 7.05 Å². The van der Waals surface area contributed by atoms with E-state index < -0.39 is 0 Å². The predicted molar refractivity (Wildman–Crippen MR) is 76.0 cm³/mol. The van der Waals surface area contributed by atoms with Gasteiger partial charge >= 0.3 is 0 Å². The molecule has 1 aromatic carbocycles. The first kappa shape index (κ1) is 14.3. The second-order valence-corrected chi connectivity index (χ2v) is 5.55. The highest BCUT2D eigenvalue weighted by atomic mass is 19.1. The van der Waals surface area contributed by atoms with Crippen LogP contribution in [0.25, 0.3) is 0 Å². The molecule has 3 heteroatoms. The molecular weight excluding hydrogens is 241 g/mol. The number of nitrogens with one attached hydrogen (secondary N) is 1. The van der Waals surface area contributed by atoms with Crippen molar-refractivity contribution < 1.29 is 9.13 Å². The first-order chi connectivity index (χ1) is 9.13. The van der Waals surface area contributed by atoms with Gasteiger partial charge in [-0.3, -0.25) is 0 Å². The van der Waals surface area contributed by atoms with Gasteiger partial charge in [-0.05, 0) is 62.9 Å². The van der Waals surface area contributed by atoms with Crippen LogP contribution in [0, 0.1) is 18.7 Å². The number of hydrogen-bond acceptors (Lipinski definition) is 2. The molecule has 0 heterocycles. The Kier molecular flexibility index (Phi) is 4.81. The number of rotatable bonds is 4. The van der Waals surface area contributed by atoms with E-state index in [-0.39, 0.29) is 11.9 Å². The van der Waals surface area contributed by atoms with Gasteiger partial charge < -0.3 is 10.1 Å². The lowest BCUT2D eigenvalue weighted by molar-refractivity contribution is 0.0882. The Hall–Kier alpha value is -1.09. The number of likely N-dealkylation sites (N-methyl/N-ethyl adjacent to an activating group) is 1. The Morgan fingerprint density at radius 2 is 2.16 bits per heavy atom. The van der Waals surface area contributed by atoms with Crippen molar-refractivity contribution in [3.63, 3.8) is 0 Å². The van der Waals surface area contributed by atoms with E-state index >= 15 is 0 Å². The van der Waals surface area contributed by atoms with Gasteiger partial charge in [0.1, 0.15) is 17.7 Å². The summed E-state index contributed by atoms with van der Waals surface area (Å²) in [5.74, 6) is 1.35. The van der Waals surface area contributed by atoms with Crippen LogP contribution in [-0.4, -0.2) is 19.2 Å². The highest BCUT2D eigenvalue weighted by molar-refractivity contribution is 5.29. The third-order valence-corrected chi connectivity index (χ3v) is 4.27. The van der Waals surface area contributed by atoms with Gasteiger partial charge in [-0.2, -0.15) is 0 Å². The fourth-order valence-electron chi connectivity index (χ4n) is 2.91. The standard InChI is InChI=1S/C16H24FNO/c1-4-12-5-8-15(18-3)16(10-12)19-13-6-7-14(17)11(2)9-13/h6-7,9,12,15-16,18H,4-5,8,10H2,1-3H3. The molecule has 3 atom stereocenters. The Morgan fingerprint density at radius 1 is 1.37 bits per heavy atom.